The first kappa shape index (κ1) is 13.5. The fourth-order valence-corrected chi connectivity index (χ4v) is 2.60. The summed E-state index contributed by atoms with van der Waals surface area (Å²) in [5.74, 6) is 0.807. The number of methoxy groups -OCH3 is 1. The normalized spacial score (nSPS) is 9.95. The second-order valence-corrected chi connectivity index (χ2v) is 5.04. The molecule has 19 heavy (non-hydrogen) atoms. The highest BCUT2D eigenvalue weighted by Crippen LogP contribution is 2.32. The molecule has 0 aliphatic rings. The monoisotopic (exact) mass is 270 g/mol. The molecule has 3 nitrogen and oxygen atoms in total. The SMILES string of the molecule is COc1cccc(Sc2ccc(CN)cc2C#N)c1. The van der Waals surface area contributed by atoms with E-state index in [4.69, 9.17) is 10.5 Å². The first-order valence-corrected chi connectivity index (χ1v) is 6.63. The molecule has 0 saturated heterocycles. The Bertz CT molecular complexity index is 620. The quantitative estimate of drug-likeness (QED) is 0.927. The smallest absolute Gasteiger partial charge is 0.119 e. The van der Waals surface area contributed by atoms with Crippen molar-refractivity contribution in [2.75, 3.05) is 7.11 Å². The van der Waals surface area contributed by atoms with Crippen LogP contribution < -0.4 is 10.5 Å². The van der Waals surface area contributed by atoms with E-state index in [0.717, 1.165) is 21.1 Å². The van der Waals surface area contributed by atoms with Crippen LogP contribution in [0.4, 0.5) is 0 Å². The third-order valence-electron chi connectivity index (χ3n) is 2.67. The topological polar surface area (TPSA) is 59.0 Å². The molecule has 0 aromatic heterocycles. The third kappa shape index (κ3) is 3.28. The summed E-state index contributed by atoms with van der Waals surface area (Å²) in [5.41, 5.74) is 7.19. The van der Waals surface area contributed by atoms with E-state index in [0.29, 0.717) is 12.1 Å². The van der Waals surface area contributed by atoms with Gasteiger partial charge in [0.05, 0.1) is 12.7 Å². The molecule has 4 heteroatoms. The minimum atomic E-state index is 0.443. The molecule has 0 bridgehead atoms. The molecule has 2 aromatic carbocycles. The number of nitriles is 1. The van der Waals surface area contributed by atoms with Gasteiger partial charge in [0.15, 0.2) is 0 Å². The van der Waals surface area contributed by atoms with Crippen LogP contribution in [0, 0.1) is 11.3 Å². The van der Waals surface area contributed by atoms with Gasteiger partial charge in [-0.05, 0) is 35.9 Å². The molecule has 2 N–H and O–H groups in total. The number of nitrogens with two attached hydrogens (primary N) is 1. The van der Waals surface area contributed by atoms with Gasteiger partial charge in [0.25, 0.3) is 0 Å². The lowest BCUT2D eigenvalue weighted by Crippen LogP contribution is -1.96. The van der Waals surface area contributed by atoms with Crippen molar-refractivity contribution in [1.29, 1.82) is 5.26 Å². The largest absolute Gasteiger partial charge is 0.497 e. The van der Waals surface area contributed by atoms with Crippen molar-refractivity contribution in [3.8, 4) is 11.8 Å². The molecule has 0 saturated carbocycles. The van der Waals surface area contributed by atoms with Crippen molar-refractivity contribution < 1.29 is 4.74 Å². The Morgan fingerprint density at radius 1 is 1.26 bits per heavy atom. The lowest BCUT2D eigenvalue weighted by molar-refractivity contribution is 0.413. The number of hydrogen-bond donors (Lipinski definition) is 1. The average molecular weight is 270 g/mol. The van der Waals surface area contributed by atoms with Crippen molar-refractivity contribution in [3.63, 3.8) is 0 Å². The van der Waals surface area contributed by atoms with Gasteiger partial charge in [-0.25, -0.2) is 0 Å². The Labute approximate surface area is 117 Å². The number of ether oxygens (including phenoxy) is 1. The minimum Gasteiger partial charge on any atom is -0.497 e. The molecular weight excluding hydrogens is 256 g/mol. The first-order valence-electron chi connectivity index (χ1n) is 5.82. The summed E-state index contributed by atoms with van der Waals surface area (Å²) >= 11 is 1.54. The highest BCUT2D eigenvalue weighted by molar-refractivity contribution is 7.99. The van der Waals surface area contributed by atoms with E-state index in [1.54, 1.807) is 18.9 Å². The Morgan fingerprint density at radius 2 is 2.11 bits per heavy atom. The second kappa shape index (κ2) is 6.28. The van der Waals surface area contributed by atoms with Crippen molar-refractivity contribution >= 4 is 11.8 Å². The Balaban J connectivity index is 2.30. The molecule has 0 radical (unpaired) electrons. The molecule has 0 unspecified atom stereocenters. The standard InChI is InChI=1S/C15H14N2OS/c1-18-13-3-2-4-14(8-13)19-15-6-5-11(9-16)7-12(15)10-17/h2-8H,9,16H2,1H3. The van der Waals surface area contributed by atoms with Gasteiger partial charge in [0.2, 0.25) is 0 Å². The van der Waals surface area contributed by atoms with Gasteiger partial charge in [0.1, 0.15) is 11.8 Å². The van der Waals surface area contributed by atoms with Crippen LogP contribution in [0.3, 0.4) is 0 Å². The van der Waals surface area contributed by atoms with E-state index in [9.17, 15) is 5.26 Å². The molecule has 0 fully saturated rings. The zero-order valence-corrected chi connectivity index (χ0v) is 11.4. The number of hydrogen-bond acceptors (Lipinski definition) is 4. The molecule has 0 spiro atoms. The van der Waals surface area contributed by atoms with Crippen LogP contribution >= 0.6 is 11.8 Å². The summed E-state index contributed by atoms with van der Waals surface area (Å²) in [6.07, 6.45) is 0. The molecule has 0 heterocycles. The average Bonchev–Trinajstić information content (AvgIpc) is 2.48. The Morgan fingerprint density at radius 3 is 2.79 bits per heavy atom. The number of nitrogens with zero attached hydrogens (tertiary/aromatic N) is 1. The van der Waals surface area contributed by atoms with E-state index in [2.05, 4.69) is 6.07 Å². The maximum atomic E-state index is 9.19. The molecular formula is C15H14N2OS. The van der Waals surface area contributed by atoms with Crippen molar-refractivity contribution in [2.45, 2.75) is 16.3 Å². The molecule has 0 aliphatic carbocycles. The maximum absolute atomic E-state index is 9.19. The van der Waals surface area contributed by atoms with Crippen molar-refractivity contribution in [3.05, 3.63) is 53.6 Å². The highest BCUT2D eigenvalue weighted by Gasteiger charge is 2.06. The van der Waals surface area contributed by atoms with E-state index in [-0.39, 0.29) is 0 Å². The first-order chi connectivity index (χ1) is 9.26. The zero-order chi connectivity index (χ0) is 13.7. The summed E-state index contributed by atoms with van der Waals surface area (Å²) < 4.78 is 5.19. The van der Waals surface area contributed by atoms with Crippen LogP contribution in [0.1, 0.15) is 11.1 Å². The fourth-order valence-electron chi connectivity index (χ4n) is 1.67. The van der Waals surface area contributed by atoms with Crippen molar-refractivity contribution in [2.24, 2.45) is 5.73 Å². The van der Waals surface area contributed by atoms with Gasteiger partial charge < -0.3 is 10.5 Å². The summed E-state index contributed by atoms with van der Waals surface area (Å²) in [6, 6.07) is 15.7. The van der Waals surface area contributed by atoms with Gasteiger partial charge in [-0.2, -0.15) is 5.26 Å². The van der Waals surface area contributed by atoms with Crippen LogP contribution in [0.15, 0.2) is 52.3 Å². The second-order valence-electron chi connectivity index (χ2n) is 3.93. The number of benzene rings is 2. The van der Waals surface area contributed by atoms with Crippen LogP contribution in [0.2, 0.25) is 0 Å². The predicted molar refractivity (Wildman–Crippen MR) is 76.2 cm³/mol. The predicted octanol–water partition coefficient (Wildman–Crippen LogP) is 3.18. The van der Waals surface area contributed by atoms with Crippen LogP contribution in [0.5, 0.6) is 5.75 Å². The van der Waals surface area contributed by atoms with E-state index in [1.807, 2.05) is 42.5 Å². The van der Waals surface area contributed by atoms with Gasteiger partial charge in [0, 0.05) is 16.3 Å². The highest BCUT2D eigenvalue weighted by atomic mass is 32.2. The summed E-state index contributed by atoms with van der Waals surface area (Å²) in [7, 11) is 1.64. The lowest BCUT2D eigenvalue weighted by atomic mass is 10.1. The van der Waals surface area contributed by atoms with E-state index in [1.165, 1.54) is 0 Å². The molecule has 0 atom stereocenters. The van der Waals surface area contributed by atoms with Crippen molar-refractivity contribution in [1.82, 2.24) is 0 Å². The number of rotatable bonds is 4. The minimum absolute atomic E-state index is 0.443. The van der Waals surface area contributed by atoms with E-state index >= 15 is 0 Å². The van der Waals surface area contributed by atoms with E-state index < -0.39 is 0 Å². The van der Waals surface area contributed by atoms with Crippen LogP contribution in [-0.4, -0.2) is 7.11 Å². The third-order valence-corrected chi connectivity index (χ3v) is 3.73. The van der Waals surface area contributed by atoms with Gasteiger partial charge in [-0.15, -0.1) is 0 Å². The van der Waals surface area contributed by atoms with Crippen LogP contribution in [0.25, 0.3) is 0 Å². The van der Waals surface area contributed by atoms with Gasteiger partial charge in [-0.1, -0.05) is 23.9 Å². The van der Waals surface area contributed by atoms with Gasteiger partial charge >= 0.3 is 0 Å². The fraction of sp³-hybridized carbons (Fsp3) is 0.133. The summed E-state index contributed by atoms with van der Waals surface area (Å²) in [5, 5.41) is 9.19. The molecule has 0 amide bonds. The molecule has 96 valence electrons. The van der Waals surface area contributed by atoms with Crippen LogP contribution in [-0.2, 0) is 6.54 Å². The maximum Gasteiger partial charge on any atom is 0.119 e. The Kier molecular flexibility index (Phi) is 4.45. The van der Waals surface area contributed by atoms with Gasteiger partial charge in [-0.3, -0.25) is 0 Å². The molecule has 0 aliphatic heterocycles. The summed E-state index contributed by atoms with van der Waals surface area (Å²) in [4.78, 5) is 1.96. The lowest BCUT2D eigenvalue weighted by Gasteiger charge is -2.07. The summed E-state index contributed by atoms with van der Waals surface area (Å²) in [6.45, 7) is 0.443. The molecule has 2 aromatic rings. The Hall–Kier alpha value is -1.96. The molecule has 2 rings (SSSR count). The zero-order valence-electron chi connectivity index (χ0n) is 10.6.